The first kappa shape index (κ1) is 5.40. The van der Waals surface area contributed by atoms with Crippen molar-refractivity contribution in [3.63, 3.8) is 0 Å². The minimum Gasteiger partial charge on any atom is -0.239 e. The monoisotopic (exact) mass is 140 g/mol. The largest absolute Gasteiger partial charge is 0.239 e. The number of rotatable bonds is 2. The average Bonchev–Trinajstić information content (AvgIpc) is 1.41. The van der Waals surface area contributed by atoms with Gasteiger partial charge < -0.3 is 0 Å². The summed E-state index contributed by atoms with van der Waals surface area (Å²) in [4.78, 5) is 8.39. The summed E-state index contributed by atoms with van der Waals surface area (Å²) in [5.74, 6) is 0. The molecule has 0 spiro atoms. The summed E-state index contributed by atoms with van der Waals surface area (Å²) >= 11 is 2.96. The molecule has 0 fully saturated rings. The second-order valence-electron chi connectivity index (χ2n) is 0.394. The van der Waals surface area contributed by atoms with Crippen molar-refractivity contribution in [2.45, 2.75) is 0 Å². The molecule has 0 atom stereocenters. The van der Waals surface area contributed by atoms with Crippen molar-refractivity contribution in [1.82, 2.24) is 0 Å². The Morgan fingerprint density at radius 3 is 2.40 bits per heavy atom. The summed E-state index contributed by atoms with van der Waals surface area (Å²) in [6, 6.07) is 0. The first-order valence-electron chi connectivity index (χ1n) is 1.13. The molecule has 2 nitrogen and oxygen atoms in total. The quantitative estimate of drug-likeness (QED) is 0.323. The molecule has 0 aliphatic carbocycles. The maximum Gasteiger partial charge on any atom is 0.137 e. The molecule has 3 heteroatoms. The number of halogens is 1. The second-order valence-corrected chi connectivity index (χ2v) is 0.851. The van der Waals surface area contributed by atoms with Crippen LogP contribution in [-0.2, 0) is 9.78 Å². The molecular weight excluding hydrogens is 136 g/mol. The van der Waals surface area contributed by atoms with Crippen LogP contribution in [0.25, 0.3) is 0 Å². The molecule has 0 N–H and O–H groups in total. The molecule has 0 heterocycles. The Morgan fingerprint density at radius 2 is 2.40 bits per heavy atom. The van der Waals surface area contributed by atoms with Gasteiger partial charge in [-0.3, -0.25) is 0 Å². The van der Waals surface area contributed by atoms with E-state index < -0.39 is 0 Å². The highest BCUT2D eigenvalue weighted by Gasteiger charge is 1.65. The van der Waals surface area contributed by atoms with Crippen molar-refractivity contribution in [1.29, 1.82) is 0 Å². The molecule has 0 radical (unpaired) electrons. The van der Waals surface area contributed by atoms with E-state index in [4.69, 9.17) is 0 Å². The maximum atomic E-state index is 4.25. The second kappa shape index (κ2) is 4.40. The van der Waals surface area contributed by atoms with Crippen molar-refractivity contribution >= 4 is 15.9 Å². The molecule has 0 bridgehead atoms. The van der Waals surface area contributed by atoms with Crippen molar-refractivity contribution in [3.05, 3.63) is 0 Å². The zero-order chi connectivity index (χ0) is 4.12. The first-order chi connectivity index (χ1) is 2.41. The molecule has 5 heavy (non-hydrogen) atoms. The predicted octanol–water partition coefficient (Wildman–Crippen LogP) is 0.917. The minimum absolute atomic E-state index is 0.434. The number of alkyl halides is 1. The van der Waals surface area contributed by atoms with Crippen molar-refractivity contribution in [2.24, 2.45) is 0 Å². The lowest BCUT2D eigenvalue weighted by atomic mass is 11.7. The Morgan fingerprint density at radius 1 is 1.80 bits per heavy atom. The molecule has 0 rings (SSSR count). The summed E-state index contributed by atoms with van der Waals surface area (Å²) in [5, 5.41) is 0. The molecule has 0 unspecified atom stereocenters. The van der Waals surface area contributed by atoms with Gasteiger partial charge in [0.1, 0.15) is 5.52 Å². The molecular formula is C2H5BrO2. The van der Waals surface area contributed by atoms with Crippen molar-refractivity contribution < 1.29 is 9.78 Å². The van der Waals surface area contributed by atoms with E-state index in [1.54, 1.807) is 0 Å². The van der Waals surface area contributed by atoms with Crippen LogP contribution in [0.1, 0.15) is 0 Å². The van der Waals surface area contributed by atoms with E-state index in [0.29, 0.717) is 5.52 Å². The van der Waals surface area contributed by atoms with Crippen LogP contribution < -0.4 is 0 Å². The fraction of sp³-hybridized carbons (Fsp3) is 1.00. The van der Waals surface area contributed by atoms with Gasteiger partial charge in [-0.15, -0.1) is 0 Å². The Labute approximate surface area is 39.1 Å². The molecule has 32 valence electrons. The molecule has 0 aromatic heterocycles. The lowest BCUT2D eigenvalue weighted by Crippen LogP contribution is -1.80. The Balaban J connectivity index is 2.19. The highest BCUT2D eigenvalue weighted by Crippen LogP contribution is 1.78. The summed E-state index contributed by atoms with van der Waals surface area (Å²) in [7, 11) is 1.46. The van der Waals surface area contributed by atoms with Crippen molar-refractivity contribution in [2.75, 3.05) is 12.6 Å². The van der Waals surface area contributed by atoms with E-state index in [0.717, 1.165) is 0 Å². The maximum absolute atomic E-state index is 4.25. The van der Waals surface area contributed by atoms with Crippen LogP contribution in [0.5, 0.6) is 0 Å². The van der Waals surface area contributed by atoms with E-state index in [-0.39, 0.29) is 0 Å². The van der Waals surface area contributed by atoms with Crippen LogP contribution in [0, 0.1) is 0 Å². The normalized spacial score (nSPS) is 8.40. The Kier molecular flexibility index (Phi) is 4.75. The summed E-state index contributed by atoms with van der Waals surface area (Å²) < 4.78 is 0. The smallest absolute Gasteiger partial charge is 0.137 e. The standard InChI is InChI=1S/C2H5BrO2/c1-4-5-2-3/h2H2,1H3. The van der Waals surface area contributed by atoms with E-state index >= 15 is 0 Å². The lowest BCUT2D eigenvalue weighted by Gasteiger charge is -1.85. The lowest BCUT2D eigenvalue weighted by molar-refractivity contribution is -0.253. The molecule has 0 saturated carbocycles. The van der Waals surface area contributed by atoms with E-state index in [9.17, 15) is 0 Å². The van der Waals surface area contributed by atoms with Gasteiger partial charge in [-0.1, -0.05) is 15.9 Å². The Bertz CT molecular complexity index is 15.1. The van der Waals surface area contributed by atoms with Gasteiger partial charge in [-0.25, -0.2) is 9.78 Å². The highest BCUT2D eigenvalue weighted by atomic mass is 79.9. The van der Waals surface area contributed by atoms with Gasteiger partial charge in [-0.05, 0) is 0 Å². The number of hydrogen-bond acceptors (Lipinski definition) is 2. The van der Waals surface area contributed by atoms with E-state index in [1.807, 2.05) is 0 Å². The van der Waals surface area contributed by atoms with Gasteiger partial charge in [-0.2, -0.15) is 0 Å². The van der Waals surface area contributed by atoms with Crippen molar-refractivity contribution in [3.8, 4) is 0 Å². The number of hydrogen-bond donors (Lipinski definition) is 0. The van der Waals surface area contributed by atoms with Crippen LogP contribution in [0.3, 0.4) is 0 Å². The van der Waals surface area contributed by atoms with E-state index in [1.165, 1.54) is 7.11 Å². The fourth-order valence-corrected chi connectivity index (χ4v) is 0.231. The third kappa shape index (κ3) is 4.40. The van der Waals surface area contributed by atoms with Gasteiger partial charge in [0.25, 0.3) is 0 Å². The van der Waals surface area contributed by atoms with Crippen LogP contribution in [0.15, 0.2) is 0 Å². The molecule has 0 aliphatic rings. The highest BCUT2D eigenvalue weighted by molar-refractivity contribution is 9.09. The van der Waals surface area contributed by atoms with Gasteiger partial charge in [0.05, 0.1) is 7.11 Å². The van der Waals surface area contributed by atoms with Gasteiger partial charge in [0.2, 0.25) is 0 Å². The van der Waals surface area contributed by atoms with Crippen LogP contribution in [-0.4, -0.2) is 12.6 Å². The fourth-order valence-electron chi connectivity index (χ4n) is 0.0445. The van der Waals surface area contributed by atoms with Gasteiger partial charge in [0.15, 0.2) is 0 Å². The van der Waals surface area contributed by atoms with Crippen LogP contribution in [0.2, 0.25) is 0 Å². The van der Waals surface area contributed by atoms with E-state index in [2.05, 4.69) is 25.7 Å². The van der Waals surface area contributed by atoms with Crippen LogP contribution >= 0.6 is 15.9 Å². The summed E-state index contributed by atoms with van der Waals surface area (Å²) in [5.41, 5.74) is 0.434. The average molecular weight is 141 g/mol. The third-order valence-corrected chi connectivity index (χ3v) is 0.349. The topological polar surface area (TPSA) is 18.5 Å². The third-order valence-electron chi connectivity index (χ3n) is 0.162. The van der Waals surface area contributed by atoms with Gasteiger partial charge in [0, 0.05) is 0 Å². The molecule has 0 aliphatic heterocycles. The SMILES string of the molecule is COOCBr. The Hall–Kier alpha value is 0.400. The molecule has 0 amide bonds. The minimum atomic E-state index is 0.434. The van der Waals surface area contributed by atoms with Gasteiger partial charge >= 0.3 is 0 Å². The summed E-state index contributed by atoms with van der Waals surface area (Å²) in [6.45, 7) is 0. The molecule has 0 aromatic carbocycles. The molecule has 0 aromatic rings. The predicted molar refractivity (Wildman–Crippen MR) is 21.9 cm³/mol. The first-order valence-corrected chi connectivity index (χ1v) is 2.25. The zero-order valence-corrected chi connectivity index (χ0v) is 4.49. The zero-order valence-electron chi connectivity index (χ0n) is 2.90. The summed E-state index contributed by atoms with van der Waals surface area (Å²) in [6.07, 6.45) is 0. The molecule has 0 saturated heterocycles. The van der Waals surface area contributed by atoms with Crippen LogP contribution in [0.4, 0.5) is 0 Å².